The van der Waals surface area contributed by atoms with Crippen molar-refractivity contribution in [2.45, 2.75) is 46.1 Å². The summed E-state index contributed by atoms with van der Waals surface area (Å²) in [5.41, 5.74) is 4.57. The molecule has 1 unspecified atom stereocenters. The van der Waals surface area contributed by atoms with E-state index in [-0.39, 0.29) is 41.0 Å². The first-order chi connectivity index (χ1) is 16.1. The Morgan fingerprint density at radius 2 is 1.71 bits per heavy atom. The number of nitrogens with one attached hydrogen (secondary N) is 1. The van der Waals surface area contributed by atoms with E-state index in [0.717, 1.165) is 29.8 Å². The van der Waals surface area contributed by atoms with Gasteiger partial charge >= 0.3 is 0 Å². The third kappa shape index (κ3) is 6.13. The second kappa shape index (κ2) is 10.9. The molecule has 0 aliphatic carbocycles. The van der Waals surface area contributed by atoms with Gasteiger partial charge in [-0.25, -0.2) is 0 Å². The largest absolute Gasteiger partial charge is 0.450 e. The van der Waals surface area contributed by atoms with E-state index in [1.165, 1.54) is 11.6 Å². The van der Waals surface area contributed by atoms with Crippen molar-refractivity contribution in [1.82, 2.24) is 10.2 Å². The van der Waals surface area contributed by atoms with E-state index in [0.29, 0.717) is 30.7 Å². The molecule has 188 valence electrons. The number of benzene rings is 2. The number of carbonyl (C=O) groups excluding carboxylic acids is 1. The van der Waals surface area contributed by atoms with Gasteiger partial charge in [-0.2, -0.15) is 0 Å². The monoisotopic (exact) mass is 498 g/mol. The van der Waals surface area contributed by atoms with Crippen LogP contribution in [0.3, 0.4) is 0 Å². The van der Waals surface area contributed by atoms with Crippen LogP contribution in [-0.4, -0.2) is 43.7 Å². The molecular formula is C28H35ClN2O4. The van der Waals surface area contributed by atoms with E-state index in [1.807, 2.05) is 19.9 Å². The first kappa shape index (κ1) is 26.9. The molecule has 1 N–H and O–H groups in total. The van der Waals surface area contributed by atoms with E-state index >= 15 is 0 Å². The minimum absolute atomic E-state index is 0. The van der Waals surface area contributed by atoms with Gasteiger partial charge in [0, 0.05) is 25.7 Å². The van der Waals surface area contributed by atoms with Crippen molar-refractivity contribution in [3.63, 3.8) is 0 Å². The third-order valence-electron chi connectivity index (χ3n) is 6.49. The molecule has 3 aromatic rings. The van der Waals surface area contributed by atoms with Gasteiger partial charge in [0.25, 0.3) is 5.91 Å². The number of hydrogen-bond donors (Lipinski definition) is 1. The van der Waals surface area contributed by atoms with Crippen LogP contribution in [0.4, 0.5) is 0 Å². The zero-order valence-electron chi connectivity index (χ0n) is 21.1. The second-order valence-corrected chi connectivity index (χ2v) is 10.2. The summed E-state index contributed by atoms with van der Waals surface area (Å²) < 4.78 is 11.4. The molecule has 6 nitrogen and oxygen atoms in total. The van der Waals surface area contributed by atoms with Crippen LogP contribution < -0.4 is 10.7 Å². The lowest BCUT2D eigenvalue weighted by molar-refractivity contribution is 0.0161. The van der Waals surface area contributed by atoms with Crippen LogP contribution in [0.5, 0.6) is 0 Å². The van der Waals surface area contributed by atoms with Crippen LogP contribution in [0, 0.1) is 13.8 Å². The number of rotatable bonds is 5. The topological polar surface area (TPSA) is 71.8 Å². The van der Waals surface area contributed by atoms with Crippen molar-refractivity contribution >= 4 is 29.3 Å². The lowest BCUT2D eigenvalue weighted by Gasteiger charge is -2.35. The highest BCUT2D eigenvalue weighted by Gasteiger charge is 2.25. The summed E-state index contributed by atoms with van der Waals surface area (Å²) in [5, 5.41) is 3.51. The summed E-state index contributed by atoms with van der Waals surface area (Å²) in [4.78, 5) is 28.0. The van der Waals surface area contributed by atoms with Crippen molar-refractivity contribution in [3.8, 4) is 0 Å². The van der Waals surface area contributed by atoms with Gasteiger partial charge < -0.3 is 14.5 Å². The van der Waals surface area contributed by atoms with Gasteiger partial charge in [0.05, 0.1) is 24.6 Å². The number of carbonyl (C=O) groups is 1. The Balaban J connectivity index is 0.00000342. The number of ether oxygens (including phenoxy) is 1. The van der Waals surface area contributed by atoms with Gasteiger partial charge in [0.15, 0.2) is 11.2 Å². The Morgan fingerprint density at radius 1 is 1.06 bits per heavy atom. The summed E-state index contributed by atoms with van der Waals surface area (Å²) in [6.45, 7) is 13.7. The molecule has 1 amide bonds. The predicted molar refractivity (Wildman–Crippen MR) is 142 cm³/mol. The first-order valence-electron chi connectivity index (χ1n) is 11.9. The summed E-state index contributed by atoms with van der Waals surface area (Å²) in [6.07, 6.45) is 0. The molecular weight excluding hydrogens is 464 g/mol. The van der Waals surface area contributed by atoms with Gasteiger partial charge in [0.1, 0.15) is 5.58 Å². The maximum Gasteiger partial charge on any atom is 0.287 e. The van der Waals surface area contributed by atoms with Crippen LogP contribution in [-0.2, 0) is 10.2 Å². The zero-order valence-corrected chi connectivity index (χ0v) is 22.0. The molecule has 1 aliphatic heterocycles. The standard InChI is InChI=1S/C28H34N2O4.ClH/c1-18-14-19(2)26-22(15-18)24(31)16-25(34-26)27(32)29-17-23(30-10-12-33-13-11-30)20-6-8-21(9-7-20)28(3,4)5;/h6-9,14-16,23H,10-13,17H2,1-5H3,(H,29,32);1H. The molecule has 2 aromatic carbocycles. The number of hydrogen-bond acceptors (Lipinski definition) is 5. The maximum absolute atomic E-state index is 13.0. The van der Waals surface area contributed by atoms with Crippen molar-refractivity contribution < 1.29 is 13.9 Å². The first-order valence-corrected chi connectivity index (χ1v) is 11.9. The Morgan fingerprint density at radius 3 is 2.34 bits per heavy atom. The molecule has 4 rings (SSSR count). The number of nitrogens with zero attached hydrogens (tertiary/aromatic N) is 1. The highest BCUT2D eigenvalue weighted by molar-refractivity contribution is 5.93. The average molecular weight is 499 g/mol. The van der Waals surface area contributed by atoms with Crippen LogP contribution in [0.1, 0.15) is 59.6 Å². The minimum Gasteiger partial charge on any atom is -0.450 e. The Bertz CT molecular complexity index is 1240. The molecule has 1 aromatic heterocycles. The highest BCUT2D eigenvalue weighted by atomic mass is 35.5. The molecule has 1 aliphatic rings. The lowest BCUT2D eigenvalue weighted by Crippen LogP contribution is -2.43. The molecule has 0 radical (unpaired) electrons. The van der Waals surface area contributed by atoms with Crippen molar-refractivity contribution in [3.05, 3.63) is 80.7 Å². The fraction of sp³-hybridized carbons (Fsp3) is 0.429. The highest BCUT2D eigenvalue weighted by Crippen LogP contribution is 2.27. The number of fused-ring (bicyclic) bond motifs is 1. The van der Waals surface area contributed by atoms with Crippen LogP contribution in [0.25, 0.3) is 11.0 Å². The van der Waals surface area contributed by atoms with E-state index in [1.54, 1.807) is 6.07 Å². The average Bonchev–Trinajstić information content (AvgIpc) is 2.80. The van der Waals surface area contributed by atoms with Crippen molar-refractivity contribution in [1.29, 1.82) is 0 Å². The molecule has 0 bridgehead atoms. The molecule has 7 heteroatoms. The molecule has 35 heavy (non-hydrogen) atoms. The van der Waals surface area contributed by atoms with E-state index in [2.05, 4.69) is 55.3 Å². The Labute approximate surface area is 213 Å². The summed E-state index contributed by atoms with van der Waals surface area (Å²) >= 11 is 0. The smallest absolute Gasteiger partial charge is 0.287 e. The van der Waals surface area contributed by atoms with Crippen molar-refractivity contribution in [2.24, 2.45) is 0 Å². The van der Waals surface area contributed by atoms with Gasteiger partial charge in [-0.1, -0.05) is 51.1 Å². The molecule has 0 spiro atoms. The molecule has 2 heterocycles. The molecule has 1 fully saturated rings. The van der Waals surface area contributed by atoms with Crippen LogP contribution in [0.15, 0.2) is 51.7 Å². The lowest BCUT2D eigenvalue weighted by atomic mass is 9.86. The third-order valence-corrected chi connectivity index (χ3v) is 6.49. The number of amides is 1. The minimum atomic E-state index is -0.386. The quantitative estimate of drug-likeness (QED) is 0.540. The van der Waals surface area contributed by atoms with Crippen molar-refractivity contribution in [2.75, 3.05) is 32.8 Å². The Hall–Kier alpha value is -2.67. The van der Waals surface area contributed by atoms with Crippen LogP contribution in [0.2, 0.25) is 0 Å². The van der Waals surface area contributed by atoms with E-state index in [9.17, 15) is 9.59 Å². The Kier molecular flexibility index (Phi) is 8.42. The summed E-state index contributed by atoms with van der Waals surface area (Å²) in [7, 11) is 0. The fourth-order valence-corrected chi connectivity index (χ4v) is 4.55. The second-order valence-electron chi connectivity index (χ2n) is 10.2. The van der Waals surface area contributed by atoms with E-state index in [4.69, 9.17) is 9.15 Å². The van der Waals surface area contributed by atoms with E-state index < -0.39 is 0 Å². The van der Waals surface area contributed by atoms with Gasteiger partial charge in [-0.15, -0.1) is 12.4 Å². The summed E-state index contributed by atoms with van der Waals surface area (Å²) in [6, 6.07) is 13.7. The SMILES string of the molecule is Cc1cc(C)c2oc(C(=O)NCC(c3ccc(C(C)(C)C)cc3)N3CCOCC3)cc(=O)c2c1.Cl. The maximum atomic E-state index is 13.0. The zero-order chi connectivity index (χ0) is 24.5. The van der Waals surface area contributed by atoms with Gasteiger partial charge in [-0.05, 0) is 47.6 Å². The number of halogens is 1. The molecule has 1 atom stereocenters. The normalized spacial score (nSPS) is 15.5. The fourth-order valence-electron chi connectivity index (χ4n) is 4.55. The van der Waals surface area contributed by atoms with Crippen LogP contribution >= 0.6 is 12.4 Å². The molecule has 0 saturated carbocycles. The predicted octanol–water partition coefficient (Wildman–Crippen LogP) is 4.93. The van der Waals surface area contributed by atoms with Gasteiger partial charge in [-0.3, -0.25) is 14.5 Å². The summed E-state index contributed by atoms with van der Waals surface area (Å²) in [5.74, 6) is -0.350. The number of morpholine rings is 1. The number of aryl methyl sites for hydroxylation is 2. The van der Waals surface area contributed by atoms with Gasteiger partial charge in [0.2, 0.25) is 0 Å². The molecule has 1 saturated heterocycles.